The fraction of sp³-hybridized carbons (Fsp3) is 0.588. The van der Waals surface area contributed by atoms with E-state index in [-0.39, 0.29) is 41.6 Å². The molecule has 0 saturated carbocycles. The SMILES string of the molecule is CCCC/C=C/C/C=C/C/C=C/C(=O)SCCNC(=O)CCNC(=O)C(O)C(C)(C)COP(=O)(O)OP(=O)(O)OCC1OC(n2cnc3c(N)ncnc32)C(O)C1OP(=O)(O)O. The number of aliphatic hydroxyl groups is 2. The number of anilines is 1. The number of aromatic nitrogens is 4. The molecule has 62 heavy (non-hydrogen) atoms. The van der Waals surface area contributed by atoms with Crippen molar-refractivity contribution in [2.45, 2.75) is 89.9 Å². The van der Waals surface area contributed by atoms with Gasteiger partial charge in [-0.2, -0.15) is 4.31 Å². The zero-order valence-electron chi connectivity index (χ0n) is 34.1. The van der Waals surface area contributed by atoms with Crippen molar-refractivity contribution in [3.05, 3.63) is 49.1 Å². The number of nitrogens with zero attached hydrogens (tertiary/aromatic N) is 4. The number of carbonyl (C=O) groups excluding carboxylic acids is 3. The number of phosphoric acid groups is 3. The molecular formula is C34H54N7O17P3S. The average molecular weight is 958 g/mol. The van der Waals surface area contributed by atoms with Gasteiger partial charge in [0.1, 0.15) is 36.3 Å². The normalized spacial score (nSPS) is 21.1. The minimum Gasteiger partial charge on any atom is -0.386 e. The highest BCUT2D eigenvalue weighted by atomic mass is 32.2. The summed E-state index contributed by atoms with van der Waals surface area (Å²) < 4.78 is 62.3. The second-order valence-electron chi connectivity index (χ2n) is 14.2. The quantitative estimate of drug-likeness (QED) is 0.0268. The number of ether oxygens (including phenoxy) is 1. The van der Waals surface area contributed by atoms with E-state index in [2.05, 4.69) is 53.5 Å². The van der Waals surface area contributed by atoms with Crippen LogP contribution in [0.3, 0.4) is 0 Å². The summed E-state index contributed by atoms with van der Waals surface area (Å²) in [6, 6.07) is 0. The zero-order chi connectivity index (χ0) is 46.1. The summed E-state index contributed by atoms with van der Waals surface area (Å²) in [6.45, 7) is 2.61. The lowest BCUT2D eigenvalue weighted by Gasteiger charge is -2.30. The monoisotopic (exact) mass is 957 g/mol. The van der Waals surface area contributed by atoms with Gasteiger partial charge in [-0.05, 0) is 25.3 Å². The van der Waals surface area contributed by atoms with Gasteiger partial charge in [-0.15, -0.1) is 0 Å². The number of nitrogens with two attached hydrogens (primary N) is 1. The van der Waals surface area contributed by atoms with Crippen LogP contribution in [0.5, 0.6) is 0 Å². The summed E-state index contributed by atoms with van der Waals surface area (Å²) >= 11 is 1.03. The molecule has 348 valence electrons. The molecule has 1 saturated heterocycles. The van der Waals surface area contributed by atoms with E-state index in [1.54, 1.807) is 6.08 Å². The van der Waals surface area contributed by atoms with Gasteiger partial charge in [-0.1, -0.05) is 75.8 Å². The fourth-order valence-electron chi connectivity index (χ4n) is 5.38. The molecule has 3 heterocycles. The molecule has 10 N–H and O–H groups in total. The lowest BCUT2D eigenvalue weighted by molar-refractivity contribution is -0.137. The van der Waals surface area contributed by atoms with Crippen molar-refractivity contribution in [3.63, 3.8) is 0 Å². The van der Waals surface area contributed by atoms with Crippen molar-refractivity contribution >= 4 is 69.1 Å². The molecule has 0 radical (unpaired) electrons. The standard InChI is InChI=1S/C34H54N7O17P3S/c1-4-5-6-7-8-9-10-11-12-13-14-25(43)62-18-17-36-24(42)15-16-37-32(46)29(45)34(2,3)20-55-61(52,53)58-60(50,51)54-19-23-28(57-59(47,48)49)27(44)33(56-23)41-22-40-26-30(35)38-21-39-31(26)41/h7-8,10-11,13-14,21-23,27-29,33,44-45H,4-6,9,12,15-20H2,1-3H3,(H,36,42)(H,37,46)(H,50,51)(H,52,53)(H2,35,38,39)(H2,47,48,49)/b8-7+,11-10+,14-13+. The van der Waals surface area contributed by atoms with Crippen LogP contribution in [0.25, 0.3) is 11.2 Å². The van der Waals surface area contributed by atoms with Crippen molar-refractivity contribution in [1.82, 2.24) is 30.2 Å². The molecule has 1 aliphatic heterocycles. The Morgan fingerprint density at radius 1 is 1.00 bits per heavy atom. The Morgan fingerprint density at radius 2 is 1.68 bits per heavy atom. The van der Waals surface area contributed by atoms with Crippen LogP contribution in [0.1, 0.15) is 65.5 Å². The van der Waals surface area contributed by atoms with Gasteiger partial charge in [0.25, 0.3) is 0 Å². The molecule has 2 aromatic heterocycles. The summed E-state index contributed by atoms with van der Waals surface area (Å²) in [4.78, 5) is 87.9. The van der Waals surface area contributed by atoms with Crippen LogP contribution >= 0.6 is 35.2 Å². The Bertz CT molecular complexity index is 2050. The number of rotatable bonds is 27. The first-order valence-corrected chi connectivity index (χ1v) is 24.6. The molecule has 1 aliphatic rings. The second-order valence-corrected chi connectivity index (χ2v) is 19.5. The highest BCUT2D eigenvalue weighted by Crippen LogP contribution is 2.61. The van der Waals surface area contributed by atoms with E-state index in [0.717, 1.165) is 48.2 Å². The number of nitrogen functional groups attached to an aromatic ring is 1. The third-order valence-corrected chi connectivity index (χ3v) is 12.5. The maximum atomic E-state index is 12.7. The molecule has 0 aromatic carbocycles. The number of hydrogen-bond acceptors (Lipinski definition) is 18. The minimum absolute atomic E-state index is 0.0296. The maximum Gasteiger partial charge on any atom is 0.481 e. The van der Waals surface area contributed by atoms with Gasteiger partial charge in [0.05, 0.1) is 19.5 Å². The van der Waals surface area contributed by atoms with Gasteiger partial charge >= 0.3 is 23.5 Å². The minimum atomic E-state index is -5.58. The van der Waals surface area contributed by atoms with Crippen molar-refractivity contribution in [3.8, 4) is 0 Å². The molecule has 28 heteroatoms. The summed E-state index contributed by atoms with van der Waals surface area (Å²) in [5.74, 6) is -1.15. The summed E-state index contributed by atoms with van der Waals surface area (Å²) in [5, 5.41) is 26.3. The number of fused-ring (bicyclic) bond motifs is 1. The first-order valence-electron chi connectivity index (χ1n) is 19.1. The van der Waals surface area contributed by atoms with E-state index in [4.69, 9.17) is 19.5 Å². The number of phosphoric ester groups is 3. The maximum absolute atomic E-state index is 12.7. The summed E-state index contributed by atoms with van der Waals surface area (Å²) in [6.07, 6.45) is 9.39. The first-order chi connectivity index (χ1) is 29.1. The Kier molecular flexibility index (Phi) is 21.2. The molecule has 3 rings (SSSR count). The van der Waals surface area contributed by atoms with E-state index in [1.165, 1.54) is 26.3 Å². The van der Waals surface area contributed by atoms with Crippen molar-refractivity contribution < 1.29 is 80.5 Å². The van der Waals surface area contributed by atoms with Gasteiger partial charge in [0.2, 0.25) is 16.9 Å². The molecule has 0 spiro atoms. The molecule has 0 bridgehead atoms. The van der Waals surface area contributed by atoms with Gasteiger partial charge in [0, 0.05) is 30.7 Å². The Hall–Kier alpha value is -3.22. The van der Waals surface area contributed by atoms with Crippen LogP contribution < -0.4 is 16.4 Å². The lowest BCUT2D eigenvalue weighted by Crippen LogP contribution is -2.46. The molecule has 2 amide bonds. The lowest BCUT2D eigenvalue weighted by atomic mass is 9.87. The van der Waals surface area contributed by atoms with E-state index in [0.29, 0.717) is 12.2 Å². The number of unbranched alkanes of at least 4 members (excludes halogenated alkanes) is 2. The van der Waals surface area contributed by atoms with E-state index >= 15 is 0 Å². The van der Waals surface area contributed by atoms with Crippen LogP contribution in [-0.4, -0.2) is 123 Å². The molecule has 7 atom stereocenters. The Balaban J connectivity index is 1.40. The van der Waals surface area contributed by atoms with Gasteiger partial charge in [-0.25, -0.2) is 28.6 Å². The van der Waals surface area contributed by atoms with Gasteiger partial charge in [-0.3, -0.25) is 32.5 Å². The molecule has 0 aliphatic carbocycles. The third kappa shape index (κ3) is 18.1. The Labute approximate surface area is 361 Å². The predicted molar refractivity (Wildman–Crippen MR) is 223 cm³/mol. The number of aliphatic hydroxyl groups excluding tert-OH is 2. The smallest absolute Gasteiger partial charge is 0.386 e. The largest absolute Gasteiger partial charge is 0.481 e. The molecule has 2 aromatic rings. The third-order valence-electron chi connectivity index (χ3n) is 8.60. The highest BCUT2D eigenvalue weighted by molar-refractivity contribution is 8.14. The van der Waals surface area contributed by atoms with Crippen LogP contribution in [0.2, 0.25) is 0 Å². The van der Waals surface area contributed by atoms with E-state index < -0.39 is 84.6 Å². The molecule has 1 fully saturated rings. The summed E-state index contributed by atoms with van der Waals surface area (Å²) in [7, 11) is -16.4. The van der Waals surface area contributed by atoms with Gasteiger partial charge < -0.3 is 50.9 Å². The number of hydrogen-bond donors (Lipinski definition) is 9. The average Bonchev–Trinajstić information content (AvgIpc) is 3.75. The van der Waals surface area contributed by atoms with Crippen LogP contribution in [-0.2, 0) is 50.7 Å². The van der Waals surface area contributed by atoms with E-state index in [1.807, 2.05) is 12.2 Å². The second kappa shape index (κ2) is 24.7. The van der Waals surface area contributed by atoms with Gasteiger partial charge in [0.15, 0.2) is 17.7 Å². The Morgan fingerprint density at radius 3 is 2.37 bits per heavy atom. The molecular weight excluding hydrogens is 903 g/mol. The summed E-state index contributed by atoms with van der Waals surface area (Å²) in [5.41, 5.74) is 4.26. The number of amides is 2. The fourth-order valence-corrected chi connectivity index (χ4v) is 8.81. The number of imidazole rings is 1. The zero-order valence-corrected chi connectivity index (χ0v) is 37.6. The number of nitrogens with one attached hydrogen (secondary N) is 2. The number of allylic oxidation sites excluding steroid dienone is 5. The molecule has 7 unspecified atom stereocenters. The first kappa shape index (κ1) is 53.1. The predicted octanol–water partition coefficient (Wildman–Crippen LogP) is 2.30. The van der Waals surface area contributed by atoms with Crippen molar-refractivity contribution in [1.29, 1.82) is 0 Å². The number of carbonyl (C=O) groups is 3. The van der Waals surface area contributed by atoms with Crippen LogP contribution in [0, 0.1) is 5.41 Å². The van der Waals surface area contributed by atoms with Crippen LogP contribution in [0.4, 0.5) is 5.82 Å². The topological polar surface area (TPSA) is 364 Å². The van der Waals surface area contributed by atoms with Crippen LogP contribution in [0.15, 0.2) is 49.1 Å². The molecule has 24 nitrogen and oxygen atoms in total. The van der Waals surface area contributed by atoms with Crippen molar-refractivity contribution in [2.24, 2.45) is 5.41 Å². The van der Waals surface area contributed by atoms with E-state index in [9.17, 15) is 57.9 Å². The van der Waals surface area contributed by atoms with Crippen molar-refractivity contribution in [2.75, 3.05) is 37.8 Å². The highest BCUT2D eigenvalue weighted by Gasteiger charge is 2.50. The number of thioether (sulfide) groups is 1.